The Morgan fingerprint density at radius 1 is 1.78 bits per heavy atom. The monoisotopic (exact) mass is 144 g/mol. The van der Waals surface area contributed by atoms with E-state index < -0.39 is 0 Å². The van der Waals surface area contributed by atoms with Gasteiger partial charge in [-0.3, -0.25) is 0 Å². The van der Waals surface area contributed by atoms with E-state index >= 15 is 0 Å². The van der Waals surface area contributed by atoms with Crippen LogP contribution in [0.1, 0.15) is 6.42 Å². The summed E-state index contributed by atoms with van der Waals surface area (Å²) >= 11 is 1.64. The predicted octanol–water partition coefficient (Wildman–Crippen LogP) is 1.28. The van der Waals surface area contributed by atoms with Crippen LogP contribution in [0.4, 0.5) is 0 Å². The highest BCUT2D eigenvalue weighted by Gasteiger charge is 2.02. The molecule has 1 N–H and O–H groups in total. The lowest BCUT2D eigenvalue weighted by Crippen LogP contribution is -2.18. The molecule has 0 aromatic rings. The molecular weight excluding hydrogens is 136 g/mol. The number of thioether (sulfide) groups is 1. The average molecular weight is 144 g/mol. The number of nitrogens with zero attached hydrogens (tertiary/aromatic N) is 1. The molecule has 9 heavy (non-hydrogen) atoms. The van der Waals surface area contributed by atoms with Gasteiger partial charge in [0.15, 0.2) is 0 Å². The molecule has 50 valence electrons. The number of hydrogen-bond donors (Lipinski definition) is 1. The summed E-state index contributed by atoms with van der Waals surface area (Å²) in [5, 5.41) is 6.61. The van der Waals surface area contributed by atoms with Crippen LogP contribution in [0, 0.1) is 4.91 Å². The van der Waals surface area contributed by atoms with Crippen molar-refractivity contribution in [2.45, 2.75) is 6.42 Å². The first kappa shape index (κ1) is 6.61. The van der Waals surface area contributed by atoms with Crippen LogP contribution in [0.3, 0.4) is 0 Å². The van der Waals surface area contributed by atoms with Crippen molar-refractivity contribution in [3.63, 3.8) is 0 Å². The summed E-state index contributed by atoms with van der Waals surface area (Å²) < 4.78 is 0. The van der Waals surface area contributed by atoms with Crippen molar-refractivity contribution in [2.75, 3.05) is 12.3 Å². The fraction of sp³-hybridized carbons (Fsp3) is 0.600. The lowest BCUT2D eigenvalue weighted by atomic mass is 10.5. The van der Waals surface area contributed by atoms with Gasteiger partial charge in [-0.05, 0) is 11.6 Å². The fourth-order valence-corrected chi connectivity index (χ4v) is 1.48. The van der Waals surface area contributed by atoms with Crippen molar-refractivity contribution in [1.82, 2.24) is 5.32 Å². The van der Waals surface area contributed by atoms with Gasteiger partial charge in [-0.25, -0.2) is 0 Å². The number of nitroso groups, excluding NO2 is 1. The van der Waals surface area contributed by atoms with Crippen LogP contribution < -0.4 is 5.32 Å². The van der Waals surface area contributed by atoms with Crippen molar-refractivity contribution in [3.8, 4) is 0 Å². The van der Waals surface area contributed by atoms with Gasteiger partial charge < -0.3 is 5.32 Å². The Labute approximate surface area is 57.9 Å². The molecule has 4 heteroatoms. The van der Waals surface area contributed by atoms with Crippen molar-refractivity contribution >= 4 is 11.8 Å². The normalized spacial score (nSPS) is 23.3. The summed E-state index contributed by atoms with van der Waals surface area (Å²) in [7, 11) is 0. The average Bonchev–Trinajstić information content (AvgIpc) is 1.91. The Kier molecular flexibility index (Phi) is 2.57. The van der Waals surface area contributed by atoms with Crippen LogP contribution in [-0.2, 0) is 0 Å². The highest BCUT2D eigenvalue weighted by atomic mass is 32.2. The Morgan fingerprint density at radius 2 is 2.67 bits per heavy atom. The fourth-order valence-electron chi connectivity index (χ4n) is 0.648. The zero-order chi connectivity index (χ0) is 6.53. The first-order valence-corrected chi connectivity index (χ1v) is 3.81. The Morgan fingerprint density at radius 3 is 3.22 bits per heavy atom. The molecule has 0 radical (unpaired) electrons. The van der Waals surface area contributed by atoms with Gasteiger partial charge in [-0.1, -0.05) is 0 Å². The van der Waals surface area contributed by atoms with Gasteiger partial charge in [-0.2, -0.15) is 0 Å². The van der Waals surface area contributed by atoms with E-state index in [4.69, 9.17) is 0 Å². The van der Waals surface area contributed by atoms with E-state index in [1.165, 1.54) is 12.6 Å². The molecule has 1 saturated heterocycles. The van der Waals surface area contributed by atoms with E-state index in [1.54, 1.807) is 11.8 Å². The molecule has 0 atom stereocenters. The maximum atomic E-state index is 9.69. The molecule has 1 heterocycles. The third kappa shape index (κ3) is 2.05. The number of hydrogen-bond acceptors (Lipinski definition) is 4. The summed E-state index contributed by atoms with van der Waals surface area (Å²) in [6.07, 6.45) is 2.49. The summed E-state index contributed by atoms with van der Waals surface area (Å²) in [5.41, 5.74) is 0. The zero-order valence-corrected chi connectivity index (χ0v) is 5.78. The molecule has 0 spiro atoms. The molecule has 0 unspecified atom stereocenters. The van der Waals surface area contributed by atoms with E-state index in [0.29, 0.717) is 0 Å². The summed E-state index contributed by atoms with van der Waals surface area (Å²) in [5.74, 6) is 1.09. The van der Waals surface area contributed by atoms with Crippen LogP contribution >= 0.6 is 11.8 Å². The van der Waals surface area contributed by atoms with Crippen LogP contribution in [0.2, 0.25) is 0 Å². The van der Waals surface area contributed by atoms with Gasteiger partial charge in [0.25, 0.3) is 0 Å². The predicted molar refractivity (Wildman–Crippen MR) is 39.0 cm³/mol. The highest BCUT2D eigenvalue weighted by molar-refractivity contribution is 8.03. The van der Waals surface area contributed by atoms with E-state index in [9.17, 15) is 4.91 Å². The molecule has 1 rings (SSSR count). The van der Waals surface area contributed by atoms with E-state index in [-0.39, 0.29) is 0 Å². The van der Waals surface area contributed by atoms with Crippen molar-refractivity contribution < 1.29 is 0 Å². The van der Waals surface area contributed by atoms with E-state index in [1.807, 2.05) is 0 Å². The molecule has 0 bridgehead atoms. The largest absolute Gasteiger partial charge is 0.378 e. The third-order valence-corrected chi connectivity index (χ3v) is 2.10. The molecule has 0 saturated carbocycles. The van der Waals surface area contributed by atoms with Crippen molar-refractivity contribution in [3.05, 3.63) is 16.1 Å². The zero-order valence-electron chi connectivity index (χ0n) is 4.96. The second kappa shape index (κ2) is 3.50. The second-order valence-electron chi connectivity index (χ2n) is 1.73. The number of rotatable bonds is 1. The maximum absolute atomic E-state index is 9.69. The minimum atomic E-state index is 0.899. The molecule has 3 nitrogen and oxygen atoms in total. The number of nitrogens with one attached hydrogen (secondary N) is 1. The molecule has 0 aromatic carbocycles. The lowest BCUT2D eigenvalue weighted by molar-refractivity contribution is 0.786. The standard InChI is InChI=1S/C5H8N2OS/c8-7-4-5-6-2-1-3-9-5/h4,6H,1-3H2. The van der Waals surface area contributed by atoms with E-state index in [2.05, 4.69) is 10.5 Å². The lowest BCUT2D eigenvalue weighted by Gasteiger charge is -2.13. The van der Waals surface area contributed by atoms with Crippen LogP contribution in [0.5, 0.6) is 0 Å². The van der Waals surface area contributed by atoms with Gasteiger partial charge >= 0.3 is 0 Å². The maximum Gasteiger partial charge on any atom is 0.101 e. The van der Waals surface area contributed by atoms with Gasteiger partial charge in [-0.15, -0.1) is 16.7 Å². The quantitative estimate of drug-likeness (QED) is 0.563. The topological polar surface area (TPSA) is 41.5 Å². The third-order valence-electron chi connectivity index (χ3n) is 1.05. The van der Waals surface area contributed by atoms with Crippen LogP contribution in [0.25, 0.3) is 0 Å². The van der Waals surface area contributed by atoms with Crippen molar-refractivity contribution in [1.29, 1.82) is 0 Å². The molecular formula is C5H8N2OS. The first-order chi connectivity index (χ1) is 4.43. The van der Waals surface area contributed by atoms with Gasteiger partial charge in [0, 0.05) is 12.3 Å². The Hall–Kier alpha value is -0.510. The Balaban J connectivity index is 2.39. The van der Waals surface area contributed by atoms with Crippen LogP contribution in [-0.4, -0.2) is 12.3 Å². The summed E-state index contributed by atoms with van der Waals surface area (Å²) in [4.78, 5) is 9.69. The van der Waals surface area contributed by atoms with E-state index in [0.717, 1.165) is 17.3 Å². The minimum absolute atomic E-state index is 0.899. The smallest absolute Gasteiger partial charge is 0.101 e. The van der Waals surface area contributed by atoms with Crippen molar-refractivity contribution in [2.24, 2.45) is 5.18 Å². The SMILES string of the molecule is O=NC=C1NCCCS1. The first-order valence-electron chi connectivity index (χ1n) is 2.83. The van der Waals surface area contributed by atoms with Gasteiger partial charge in [0.2, 0.25) is 0 Å². The van der Waals surface area contributed by atoms with Crippen LogP contribution in [0.15, 0.2) is 16.4 Å². The highest BCUT2D eigenvalue weighted by Crippen LogP contribution is 2.17. The summed E-state index contributed by atoms with van der Waals surface area (Å²) in [6, 6.07) is 0. The molecule has 0 aromatic heterocycles. The molecule has 1 fully saturated rings. The Bertz CT molecular complexity index is 127. The molecule has 1 aliphatic heterocycles. The molecule has 0 amide bonds. The van der Waals surface area contributed by atoms with Gasteiger partial charge in [0.05, 0.1) is 5.03 Å². The minimum Gasteiger partial charge on any atom is -0.378 e. The molecule has 1 aliphatic rings. The molecule has 0 aliphatic carbocycles. The van der Waals surface area contributed by atoms with Gasteiger partial charge in [0.1, 0.15) is 6.20 Å². The summed E-state index contributed by atoms with van der Waals surface area (Å²) in [6.45, 7) is 0.967. The second-order valence-corrected chi connectivity index (χ2v) is 2.86.